The SMILES string of the molecule is C=C(C)C(=O)OOc1ccc(C(=O)c2ccccc2)cc1. The van der Waals surface area contributed by atoms with E-state index in [0.717, 1.165) is 0 Å². The van der Waals surface area contributed by atoms with E-state index in [1.165, 1.54) is 6.92 Å². The van der Waals surface area contributed by atoms with Crippen LogP contribution in [0.25, 0.3) is 0 Å². The number of hydrogen-bond donors (Lipinski definition) is 0. The van der Waals surface area contributed by atoms with E-state index >= 15 is 0 Å². The summed E-state index contributed by atoms with van der Waals surface area (Å²) in [5.41, 5.74) is 1.38. The van der Waals surface area contributed by atoms with Gasteiger partial charge in [0.25, 0.3) is 0 Å². The summed E-state index contributed by atoms with van der Waals surface area (Å²) in [6, 6.07) is 15.3. The molecule has 0 fully saturated rings. The summed E-state index contributed by atoms with van der Waals surface area (Å²) in [6.45, 7) is 4.96. The molecule has 0 aromatic heterocycles. The number of ketones is 1. The maximum Gasteiger partial charge on any atom is 0.381 e. The van der Waals surface area contributed by atoms with Crippen LogP contribution in [0.15, 0.2) is 66.7 Å². The van der Waals surface area contributed by atoms with Crippen molar-refractivity contribution >= 4 is 11.8 Å². The van der Waals surface area contributed by atoms with E-state index in [9.17, 15) is 9.59 Å². The number of hydrogen-bond acceptors (Lipinski definition) is 4. The van der Waals surface area contributed by atoms with Gasteiger partial charge < -0.3 is 0 Å². The first kappa shape index (κ1) is 14.5. The molecule has 0 saturated carbocycles. The molecule has 0 heterocycles. The second kappa shape index (κ2) is 6.52. The minimum absolute atomic E-state index is 0.0823. The van der Waals surface area contributed by atoms with Gasteiger partial charge in [-0.2, -0.15) is 0 Å². The van der Waals surface area contributed by atoms with Gasteiger partial charge >= 0.3 is 5.97 Å². The summed E-state index contributed by atoms with van der Waals surface area (Å²) >= 11 is 0. The fourth-order valence-corrected chi connectivity index (χ4v) is 1.58. The molecule has 0 radical (unpaired) electrons. The Kier molecular flexibility index (Phi) is 4.51. The minimum Gasteiger partial charge on any atom is -0.289 e. The predicted molar refractivity (Wildman–Crippen MR) is 77.9 cm³/mol. The van der Waals surface area contributed by atoms with E-state index in [0.29, 0.717) is 16.9 Å². The van der Waals surface area contributed by atoms with Gasteiger partial charge in [0, 0.05) is 16.7 Å². The van der Waals surface area contributed by atoms with Gasteiger partial charge in [0.2, 0.25) is 0 Å². The van der Waals surface area contributed by atoms with Crippen LogP contribution >= 0.6 is 0 Å². The zero-order valence-electron chi connectivity index (χ0n) is 11.5. The van der Waals surface area contributed by atoms with E-state index in [1.54, 1.807) is 36.4 Å². The predicted octanol–water partition coefficient (Wildman–Crippen LogP) is 3.33. The molecule has 0 saturated heterocycles. The fraction of sp³-hybridized carbons (Fsp3) is 0.0588. The highest BCUT2D eigenvalue weighted by atomic mass is 17.2. The van der Waals surface area contributed by atoms with Crippen molar-refractivity contribution < 1.29 is 19.4 Å². The van der Waals surface area contributed by atoms with Gasteiger partial charge in [-0.3, -0.25) is 9.68 Å². The molecule has 0 atom stereocenters. The van der Waals surface area contributed by atoms with Crippen LogP contribution in [0.2, 0.25) is 0 Å². The van der Waals surface area contributed by atoms with Crippen molar-refractivity contribution in [2.45, 2.75) is 6.92 Å². The average molecular weight is 282 g/mol. The minimum atomic E-state index is -0.639. The van der Waals surface area contributed by atoms with Gasteiger partial charge in [-0.05, 0) is 31.2 Å². The van der Waals surface area contributed by atoms with Crippen molar-refractivity contribution in [2.75, 3.05) is 0 Å². The molecular formula is C17H14O4. The van der Waals surface area contributed by atoms with Crippen LogP contribution < -0.4 is 4.89 Å². The number of benzene rings is 2. The van der Waals surface area contributed by atoms with Gasteiger partial charge in [0.15, 0.2) is 11.5 Å². The van der Waals surface area contributed by atoms with Gasteiger partial charge in [0.1, 0.15) is 0 Å². The van der Waals surface area contributed by atoms with Gasteiger partial charge in [0.05, 0.1) is 0 Å². The molecule has 21 heavy (non-hydrogen) atoms. The molecule has 4 heteroatoms. The summed E-state index contributed by atoms with van der Waals surface area (Å²) in [5, 5.41) is 0. The third-order valence-corrected chi connectivity index (χ3v) is 2.71. The average Bonchev–Trinajstić information content (AvgIpc) is 2.53. The van der Waals surface area contributed by atoms with Crippen molar-refractivity contribution in [1.29, 1.82) is 0 Å². The standard InChI is InChI=1S/C17H14O4/c1-12(2)17(19)21-20-15-10-8-14(9-11-15)16(18)13-6-4-3-5-7-13/h3-11H,1H2,2H3. The van der Waals surface area contributed by atoms with Crippen LogP contribution in [0.4, 0.5) is 0 Å². The molecular weight excluding hydrogens is 268 g/mol. The zero-order valence-corrected chi connectivity index (χ0v) is 11.5. The fourth-order valence-electron chi connectivity index (χ4n) is 1.58. The molecule has 0 N–H and O–H groups in total. The molecule has 4 nitrogen and oxygen atoms in total. The lowest BCUT2D eigenvalue weighted by Gasteiger charge is -2.05. The van der Waals surface area contributed by atoms with Crippen LogP contribution in [-0.2, 0) is 9.68 Å². The van der Waals surface area contributed by atoms with E-state index in [2.05, 4.69) is 11.5 Å². The second-order valence-electron chi connectivity index (χ2n) is 4.45. The highest BCUT2D eigenvalue weighted by molar-refractivity contribution is 6.08. The Balaban J connectivity index is 2.04. The molecule has 0 aliphatic rings. The summed E-state index contributed by atoms with van der Waals surface area (Å²) in [6.07, 6.45) is 0. The Morgan fingerprint density at radius 2 is 1.48 bits per heavy atom. The topological polar surface area (TPSA) is 52.6 Å². The molecule has 0 aliphatic carbocycles. The molecule has 0 amide bonds. The monoisotopic (exact) mass is 282 g/mol. The van der Waals surface area contributed by atoms with Crippen LogP contribution in [0.5, 0.6) is 5.75 Å². The highest BCUT2D eigenvalue weighted by Crippen LogP contribution is 2.16. The largest absolute Gasteiger partial charge is 0.381 e. The Hall–Kier alpha value is -2.88. The third kappa shape index (κ3) is 3.79. The van der Waals surface area contributed by atoms with Crippen molar-refractivity contribution in [3.63, 3.8) is 0 Å². The Labute approximate surface area is 122 Å². The number of carbonyl (C=O) groups is 2. The number of rotatable bonds is 5. The second-order valence-corrected chi connectivity index (χ2v) is 4.45. The van der Waals surface area contributed by atoms with E-state index in [4.69, 9.17) is 4.89 Å². The molecule has 0 aliphatic heterocycles. The van der Waals surface area contributed by atoms with Crippen LogP contribution in [0.1, 0.15) is 22.8 Å². The maximum absolute atomic E-state index is 12.2. The van der Waals surface area contributed by atoms with Gasteiger partial charge in [-0.1, -0.05) is 36.9 Å². The van der Waals surface area contributed by atoms with Crippen LogP contribution in [-0.4, -0.2) is 11.8 Å². The maximum atomic E-state index is 12.2. The Morgan fingerprint density at radius 3 is 2.05 bits per heavy atom. The Morgan fingerprint density at radius 1 is 0.905 bits per heavy atom. The van der Waals surface area contributed by atoms with Crippen molar-refractivity contribution in [3.8, 4) is 5.75 Å². The zero-order chi connectivity index (χ0) is 15.2. The Bertz CT molecular complexity index is 657. The van der Waals surface area contributed by atoms with E-state index < -0.39 is 5.97 Å². The van der Waals surface area contributed by atoms with E-state index in [1.807, 2.05) is 18.2 Å². The summed E-state index contributed by atoms with van der Waals surface area (Å²) < 4.78 is 0. The third-order valence-electron chi connectivity index (χ3n) is 2.71. The van der Waals surface area contributed by atoms with Crippen LogP contribution in [0.3, 0.4) is 0 Å². The van der Waals surface area contributed by atoms with Crippen molar-refractivity contribution in [3.05, 3.63) is 77.9 Å². The van der Waals surface area contributed by atoms with Crippen molar-refractivity contribution in [2.24, 2.45) is 0 Å². The molecule has 0 bridgehead atoms. The molecule has 106 valence electrons. The lowest BCUT2D eigenvalue weighted by atomic mass is 10.0. The van der Waals surface area contributed by atoms with E-state index in [-0.39, 0.29) is 11.4 Å². The summed E-state index contributed by atoms with van der Waals surface area (Å²) in [4.78, 5) is 32.7. The highest BCUT2D eigenvalue weighted by Gasteiger charge is 2.09. The summed E-state index contributed by atoms with van der Waals surface area (Å²) in [5.74, 6) is -0.394. The van der Waals surface area contributed by atoms with Gasteiger partial charge in [-0.25, -0.2) is 9.68 Å². The lowest BCUT2D eigenvalue weighted by Crippen LogP contribution is -2.08. The lowest BCUT2D eigenvalue weighted by molar-refractivity contribution is -0.208. The quantitative estimate of drug-likeness (QED) is 0.365. The molecule has 2 aromatic carbocycles. The first-order chi connectivity index (χ1) is 10.1. The van der Waals surface area contributed by atoms with Crippen molar-refractivity contribution in [1.82, 2.24) is 0 Å². The first-order valence-corrected chi connectivity index (χ1v) is 6.32. The smallest absolute Gasteiger partial charge is 0.289 e. The molecule has 2 aromatic rings. The van der Waals surface area contributed by atoms with Crippen LogP contribution in [0, 0.1) is 0 Å². The first-order valence-electron chi connectivity index (χ1n) is 6.32. The summed E-state index contributed by atoms with van der Waals surface area (Å²) in [7, 11) is 0. The van der Waals surface area contributed by atoms with Gasteiger partial charge in [-0.15, -0.1) is 0 Å². The number of carbonyl (C=O) groups excluding carboxylic acids is 2. The molecule has 0 spiro atoms. The molecule has 0 unspecified atom stereocenters. The molecule has 2 rings (SSSR count). The normalized spacial score (nSPS) is 9.76.